The van der Waals surface area contributed by atoms with Crippen LogP contribution in [-0.2, 0) is 9.53 Å². The average Bonchev–Trinajstić information content (AvgIpc) is 2.37. The Bertz CT molecular complexity index is 491. The molecule has 1 atom stereocenters. The summed E-state index contributed by atoms with van der Waals surface area (Å²) in [6, 6.07) is 4.67. The first kappa shape index (κ1) is 17.3. The first-order chi connectivity index (χ1) is 9.69. The van der Waals surface area contributed by atoms with Crippen LogP contribution in [0.4, 0.5) is 4.39 Å². The van der Waals surface area contributed by atoms with Crippen molar-refractivity contribution in [3.63, 3.8) is 0 Å². The number of halogens is 1. The fourth-order valence-corrected chi connectivity index (χ4v) is 1.76. The van der Waals surface area contributed by atoms with Gasteiger partial charge in [0.25, 0.3) is 0 Å². The highest BCUT2D eigenvalue weighted by atomic mass is 19.1. The van der Waals surface area contributed by atoms with Crippen molar-refractivity contribution in [3.8, 4) is 0 Å². The number of benzene rings is 1. The molecule has 5 heteroatoms. The number of rotatable bonds is 6. The summed E-state index contributed by atoms with van der Waals surface area (Å²) in [4.78, 5) is 23.5. The van der Waals surface area contributed by atoms with Gasteiger partial charge in [0.05, 0.1) is 0 Å². The highest BCUT2D eigenvalue weighted by Gasteiger charge is 2.22. The maximum absolute atomic E-state index is 12.8. The fourth-order valence-electron chi connectivity index (χ4n) is 1.76. The summed E-state index contributed by atoms with van der Waals surface area (Å²) in [6.45, 7) is 5.32. The number of nitrogens with two attached hydrogens (primary N) is 1. The van der Waals surface area contributed by atoms with Gasteiger partial charge in [0.1, 0.15) is 17.5 Å². The van der Waals surface area contributed by atoms with Gasteiger partial charge in [0.15, 0.2) is 5.78 Å². The average molecular weight is 295 g/mol. The van der Waals surface area contributed by atoms with E-state index in [1.807, 2.05) is 0 Å². The maximum Gasteiger partial charge on any atom is 0.323 e. The number of ether oxygens (including phenoxy) is 1. The molecule has 21 heavy (non-hydrogen) atoms. The van der Waals surface area contributed by atoms with Crippen molar-refractivity contribution in [1.82, 2.24) is 0 Å². The predicted octanol–water partition coefficient (Wildman–Crippen LogP) is 2.85. The Morgan fingerprint density at radius 1 is 1.24 bits per heavy atom. The standard InChI is InChI=1S/C16H22FNO3/c1-16(2,3)21-15(20)13(18)5-4-6-14(19)11-7-9-12(17)10-8-11/h7-10,13H,4-6,18H2,1-3H3. The number of ketones is 1. The first-order valence-electron chi connectivity index (χ1n) is 6.96. The van der Waals surface area contributed by atoms with Crippen molar-refractivity contribution in [3.05, 3.63) is 35.6 Å². The van der Waals surface area contributed by atoms with Gasteiger partial charge in [-0.15, -0.1) is 0 Å². The molecule has 1 unspecified atom stereocenters. The van der Waals surface area contributed by atoms with Crippen LogP contribution in [0.25, 0.3) is 0 Å². The van der Waals surface area contributed by atoms with Crippen LogP contribution in [0.1, 0.15) is 50.4 Å². The summed E-state index contributed by atoms with van der Waals surface area (Å²) in [5.41, 5.74) is 5.62. The Morgan fingerprint density at radius 3 is 2.33 bits per heavy atom. The molecule has 0 fully saturated rings. The molecule has 2 N–H and O–H groups in total. The van der Waals surface area contributed by atoms with Crippen molar-refractivity contribution in [2.75, 3.05) is 0 Å². The third-order valence-corrected chi connectivity index (χ3v) is 2.79. The van der Waals surface area contributed by atoms with Crippen LogP contribution in [0.5, 0.6) is 0 Å². The molecule has 1 rings (SSSR count). The molecule has 116 valence electrons. The van der Waals surface area contributed by atoms with Gasteiger partial charge in [0, 0.05) is 12.0 Å². The van der Waals surface area contributed by atoms with Gasteiger partial charge in [-0.1, -0.05) is 0 Å². The van der Waals surface area contributed by atoms with Crippen molar-refractivity contribution in [1.29, 1.82) is 0 Å². The fraction of sp³-hybridized carbons (Fsp3) is 0.500. The molecular formula is C16H22FNO3. The molecule has 1 aromatic carbocycles. The molecular weight excluding hydrogens is 273 g/mol. The minimum atomic E-state index is -0.731. The Labute approximate surface area is 124 Å². The molecule has 0 radical (unpaired) electrons. The molecule has 0 aromatic heterocycles. The molecule has 4 nitrogen and oxygen atoms in total. The Kier molecular flexibility index (Phi) is 6.03. The Balaban J connectivity index is 2.37. The topological polar surface area (TPSA) is 69.4 Å². The van der Waals surface area contributed by atoms with Crippen LogP contribution in [0.3, 0.4) is 0 Å². The van der Waals surface area contributed by atoms with E-state index in [0.29, 0.717) is 18.4 Å². The van der Waals surface area contributed by atoms with E-state index in [1.165, 1.54) is 24.3 Å². The SMILES string of the molecule is CC(C)(C)OC(=O)C(N)CCCC(=O)c1ccc(F)cc1. The normalized spacial score (nSPS) is 12.8. The summed E-state index contributed by atoms with van der Waals surface area (Å²) in [5.74, 6) is -0.929. The van der Waals surface area contributed by atoms with E-state index in [9.17, 15) is 14.0 Å². The lowest BCUT2D eigenvalue weighted by atomic mass is 10.0. The van der Waals surface area contributed by atoms with Gasteiger partial charge >= 0.3 is 5.97 Å². The quantitative estimate of drug-likeness (QED) is 0.647. The molecule has 0 spiro atoms. The third kappa shape index (κ3) is 6.49. The van der Waals surface area contributed by atoms with E-state index in [1.54, 1.807) is 20.8 Å². The summed E-state index contributed by atoms with van der Waals surface area (Å²) in [7, 11) is 0. The number of carbonyl (C=O) groups excluding carboxylic acids is 2. The minimum absolute atomic E-state index is 0.0913. The molecule has 0 heterocycles. The van der Waals surface area contributed by atoms with Crippen LogP contribution in [0.2, 0.25) is 0 Å². The van der Waals surface area contributed by atoms with Crippen LogP contribution in [-0.4, -0.2) is 23.4 Å². The van der Waals surface area contributed by atoms with E-state index in [0.717, 1.165) is 0 Å². The Hall–Kier alpha value is -1.75. The summed E-state index contributed by atoms with van der Waals surface area (Å²) in [6.07, 6.45) is 1.13. The summed E-state index contributed by atoms with van der Waals surface area (Å²) >= 11 is 0. The van der Waals surface area contributed by atoms with E-state index in [-0.39, 0.29) is 18.0 Å². The van der Waals surface area contributed by atoms with Crippen molar-refractivity contribution in [2.24, 2.45) is 5.73 Å². The smallest absolute Gasteiger partial charge is 0.323 e. The van der Waals surface area contributed by atoms with E-state index in [4.69, 9.17) is 10.5 Å². The van der Waals surface area contributed by atoms with Gasteiger partial charge in [0.2, 0.25) is 0 Å². The van der Waals surface area contributed by atoms with Gasteiger partial charge in [-0.05, 0) is 57.9 Å². The predicted molar refractivity (Wildman–Crippen MR) is 78.4 cm³/mol. The lowest BCUT2D eigenvalue weighted by molar-refractivity contribution is -0.156. The van der Waals surface area contributed by atoms with E-state index >= 15 is 0 Å². The van der Waals surface area contributed by atoms with Crippen LogP contribution in [0, 0.1) is 5.82 Å². The molecule has 0 aliphatic carbocycles. The summed E-state index contributed by atoms with van der Waals surface area (Å²) in [5, 5.41) is 0. The molecule has 0 aliphatic heterocycles. The van der Waals surface area contributed by atoms with Crippen LogP contribution < -0.4 is 5.73 Å². The largest absolute Gasteiger partial charge is 0.459 e. The van der Waals surface area contributed by atoms with Gasteiger partial charge in [-0.2, -0.15) is 0 Å². The van der Waals surface area contributed by atoms with Gasteiger partial charge in [-0.3, -0.25) is 9.59 Å². The molecule has 0 aliphatic rings. The maximum atomic E-state index is 12.8. The minimum Gasteiger partial charge on any atom is -0.459 e. The number of hydrogen-bond donors (Lipinski definition) is 1. The molecule has 0 bridgehead atoms. The van der Waals surface area contributed by atoms with Gasteiger partial charge in [-0.25, -0.2) is 4.39 Å². The zero-order chi connectivity index (χ0) is 16.0. The molecule has 0 amide bonds. The molecule has 0 saturated carbocycles. The van der Waals surface area contributed by atoms with Crippen molar-refractivity contribution in [2.45, 2.75) is 51.7 Å². The molecule has 1 aromatic rings. The number of esters is 1. The van der Waals surface area contributed by atoms with Crippen LogP contribution in [0.15, 0.2) is 24.3 Å². The van der Waals surface area contributed by atoms with Crippen molar-refractivity contribution < 1.29 is 18.7 Å². The lowest BCUT2D eigenvalue weighted by Gasteiger charge is -2.22. The summed E-state index contributed by atoms with van der Waals surface area (Å²) < 4.78 is 17.9. The second-order valence-electron chi connectivity index (χ2n) is 5.96. The van der Waals surface area contributed by atoms with Crippen molar-refractivity contribution >= 4 is 11.8 Å². The number of carbonyl (C=O) groups is 2. The van der Waals surface area contributed by atoms with E-state index in [2.05, 4.69) is 0 Å². The third-order valence-electron chi connectivity index (χ3n) is 2.79. The van der Waals surface area contributed by atoms with E-state index < -0.39 is 17.6 Å². The highest BCUT2D eigenvalue weighted by molar-refractivity contribution is 5.96. The van der Waals surface area contributed by atoms with Gasteiger partial charge < -0.3 is 10.5 Å². The lowest BCUT2D eigenvalue weighted by Crippen LogP contribution is -2.37. The zero-order valence-electron chi connectivity index (χ0n) is 12.7. The second kappa shape index (κ2) is 7.31. The highest BCUT2D eigenvalue weighted by Crippen LogP contribution is 2.12. The zero-order valence-corrected chi connectivity index (χ0v) is 12.7. The Morgan fingerprint density at radius 2 is 1.81 bits per heavy atom. The first-order valence-corrected chi connectivity index (χ1v) is 6.96. The van der Waals surface area contributed by atoms with Crippen LogP contribution >= 0.6 is 0 Å². The monoisotopic (exact) mass is 295 g/mol. The number of hydrogen-bond acceptors (Lipinski definition) is 4. The number of Topliss-reactive ketones (excluding diaryl/α,β-unsaturated/α-hetero) is 1. The second-order valence-corrected chi connectivity index (χ2v) is 5.96. The molecule has 0 saturated heterocycles.